The highest BCUT2D eigenvalue weighted by molar-refractivity contribution is 5.96. The average molecular weight is 630 g/mol. The average Bonchev–Trinajstić information content (AvgIpc) is 2.92. The Morgan fingerprint density at radius 1 is 0.636 bits per heavy atom. The van der Waals surface area contributed by atoms with Crippen molar-refractivity contribution in [3.8, 4) is 0 Å². The molecule has 0 radical (unpaired) electrons. The summed E-state index contributed by atoms with van der Waals surface area (Å²) in [6.07, 6.45) is -0.379. The lowest BCUT2D eigenvalue weighted by Crippen LogP contribution is -2.59. The normalized spacial score (nSPS) is 15.8. The molecule has 44 heavy (non-hydrogen) atoms. The number of rotatable bonds is 21. The van der Waals surface area contributed by atoms with Crippen molar-refractivity contribution in [3.63, 3.8) is 0 Å². The number of aliphatic hydroxyl groups excluding tert-OH is 1. The maximum atomic E-state index is 13.4. The lowest BCUT2D eigenvalue weighted by atomic mass is 10.0. The summed E-state index contributed by atoms with van der Waals surface area (Å²) in [5.74, 6) is -5.31. The molecule has 0 fully saturated rings. The molecule has 252 valence electrons. The molecule has 0 aliphatic carbocycles. The zero-order valence-corrected chi connectivity index (χ0v) is 26.2. The van der Waals surface area contributed by atoms with Crippen LogP contribution in [-0.2, 0) is 33.6 Å². The molecule has 0 bridgehead atoms. The lowest BCUT2D eigenvalue weighted by molar-refractivity contribution is -0.135. The fourth-order valence-electron chi connectivity index (χ4n) is 3.84. The highest BCUT2D eigenvalue weighted by Crippen LogP contribution is 2.09. The van der Waals surface area contributed by atoms with E-state index in [9.17, 15) is 38.7 Å². The first kappa shape index (κ1) is 40.2. The summed E-state index contributed by atoms with van der Waals surface area (Å²) in [5.41, 5.74) is 21.6. The first-order valence-electron chi connectivity index (χ1n) is 14.6. The van der Waals surface area contributed by atoms with Gasteiger partial charge in [0.2, 0.25) is 41.4 Å². The van der Waals surface area contributed by atoms with E-state index in [0.29, 0.717) is 19.4 Å². The van der Waals surface area contributed by atoms with Gasteiger partial charge in [0.05, 0.1) is 6.10 Å². The number of hydrogen-bond donors (Lipinski definition) is 10. The number of nitrogens with one attached hydrogen (secondary N) is 5. The van der Waals surface area contributed by atoms with E-state index in [1.807, 2.05) is 0 Å². The minimum absolute atomic E-state index is 0.103. The van der Waals surface area contributed by atoms with Crippen LogP contribution in [-0.4, -0.2) is 95.4 Å². The largest absolute Gasteiger partial charge is 0.391 e. The zero-order chi connectivity index (χ0) is 34.1. The molecule has 0 rings (SSSR count). The maximum Gasteiger partial charge on any atom is 0.243 e. The molecule has 0 aliphatic rings. The van der Waals surface area contributed by atoms with E-state index in [0.717, 1.165) is 0 Å². The van der Waals surface area contributed by atoms with Gasteiger partial charge in [0.15, 0.2) is 0 Å². The molecule has 14 N–H and O–H groups in total. The van der Waals surface area contributed by atoms with E-state index < -0.39 is 83.7 Å². The van der Waals surface area contributed by atoms with Crippen molar-refractivity contribution in [1.82, 2.24) is 26.6 Å². The third-order valence-electron chi connectivity index (χ3n) is 6.59. The summed E-state index contributed by atoms with van der Waals surface area (Å²) in [6.45, 7) is 8.03. The Morgan fingerprint density at radius 2 is 1.11 bits per heavy atom. The third-order valence-corrected chi connectivity index (χ3v) is 6.59. The Morgan fingerprint density at radius 3 is 1.61 bits per heavy atom. The minimum Gasteiger partial charge on any atom is -0.391 e. The van der Waals surface area contributed by atoms with Gasteiger partial charge in [-0.25, -0.2) is 0 Å². The van der Waals surface area contributed by atoms with E-state index in [1.54, 1.807) is 13.8 Å². The Balaban J connectivity index is 5.88. The van der Waals surface area contributed by atoms with Crippen molar-refractivity contribution in [2.45, 2.75) is 115 Å². The van der Waals surface area contributed by atoms with Crippen molar-refractivity contribution in [2.75, 3.05) is 6.54 Å². The first-order valence-corrected chi connectivity index (χ1v) is 14.6. The summed E-state index contributed by atoms with van der Waals surface area (Å²) in [7, 11) is 0. The molecule has 0 aromatic heterocycles. The van der Waals surface area contributed by atoms with Crippen molar-refractivity contribution < 1.29 is 38.7 Å². The summed E-state index contributed by atoms with van der Waals surface area (Å²) < 4.78 is 0. The topological polar surface area (TPSA) is 304 Å². The second-order valence-corrected chi connectivity index (χ2v) is 11.2. The summed E-state index contributed by atoms with van der Waals surface area (Å²) >= 11 is 0. The van der Waals surface area contributed by atoms with Crippen LogP contribution in [0.3, 0.4) is 0 Å². The fraction of sp³-hybridized carbons (Fsp3) is 0.741. The quantitative estimate of drug-likeness (QED) is 0.0550. The van der Waals surface area contributed by atoms with Crippen LogP contribution in [0.2, 0.25) is 0 Å². The van der Waals surface area contributed by atoms with Crippen molar-refractivity contribution in [1.29, 1.82) is 0 Å². The van der Waals surface area contributed by atoms with E-state index in [4.69, 9.17) is 22.9 Å². The molecular formula is C27H51N9O8. The van der Waals surface area contributed by atoms with Gasteiger partial charge in [0.25, 0.3) is 0 Å². The van der Waals surface area contributed by atoms with Gasteiger partial charge in [-0.1, -0.05) is 13.8 Å². The van der Waals surface area contributed by atoms with Crippen LogP contribution in [0.25, 0.3) is 0 Å². The van der Waals surface area contributed by atoms with E-state index in [-0.39, 0.29) is 31.6 Å². The molecule has 0 saturated carbocycles. The van der Waals surface area contributed by atoms with Gasteiger partial charge in [0.1, 0.15) is 36.3 Å². The molecule has 17 nitrogen and oxygen atoms in total. The van der Waals surface area contributed by atoms with Crippen LogP contribution < -0.4 is 49.5 Å². The number of carbonyl (C=O) groups excluding carboxylic acids is 7. The van der Waals surface area contributed by atoms with E-state index in [2.05, 4.69) is 26.6 Å². The van der Waals surface area contributed by atoms with Crippen LogP contribution in [0, 0.1) is 5.92 Å². The maximum absolute atomic E-state index is 13.4. The van der Waals surface area contributed by atoms with Crippen molar-refractivity contribution in [3.05, 3.63) is 0 Å². The van der Waals surface area contributed by atoms with Gasteiger partial charge in [0, 0.05) is 6.42 Å². The number of aliphatic hydroxyl groups is 1. The minimum atomic E-state index is -1.36. The van der Waals surface area contributed by atoms with Crippen LogP contribution >= 0.6 is 0 Å². The molecule has 0 spiro atoms. The molecule has 0 unspecified atom stereocenters. The molecule has 0 heterocycles. The molecule has 0 aliphatic heterocycles. The van der Waals surface area contributed by atoms with Gasteiger partial charge in [-0.15, -0.1) is 0 Å². The van der Waals surface area contributed by atoms with Gasteiger partial charge >= 0.3 is 0 Å². The number of carbonyl (C=O) groups is 7. The monoisotopic (exact) mass is 629 g/mol. The van der Waals surface area contributed by atoms with E-state index in [1.165, 1.54) is 20.8 Å². The molecule has 0 saturated heterocycles. The number of nitrogens with two attached hydrogens (primary N) is 4. The smallest absolute Gasteiger partial charge is 0.243 e. The third kappa shape index (κ3) is 15.6. The van der Waals surface area contributed by atoms with Crippen LogP contribution in [0.1, 0.15) is 73.1 Å². The second-order valence-electron chi connectivity index (χ2n) is 11.2. The highest BCUT2D eigenvalue weighted by Gasteiger charge is 2.32. The molecule has 0 aromatic rings. The van der Waals surface area contributed by atoms with Crippen LogP contribution in [0.15, 0.2) is 0 Å². The molecule has 17 heteroatoms. The van der Waals surface area contributed by atoms with Gasteiger partial charge in [-0.3, -0.25) is 33.6 Å². The van der Waals surface area contributed by atoms with Gasteiger partial charge < -0.3 is 54.6 Å². The molecule has 7 atom stereocenters. The summed E-state index contributed by atoms with van der Waals surface area (Å²) in [4.78, 5) is 87.3. The Labute approximate surface area is 257 Å². The predicted molar refractivity (Wildman–Crippen MR) is 161 cm³/mol. The van der Waals surface area contributed by atoms with Crippen LogP contribution in [0.4, 0.5) is 0 Å². The highest BCUT2D eigenvalue weighted by atomic mass is 16.3. The molecule has 7 amide bonds. The summed E-state index contributed by atoms with van der Waals surface area (Å²) in [5, 5.41) is 22.1. The Hall–Kier alpha value is -3.83. The fourth-order valence-corrected chi connectivity index (χ4v) is 3.84. The SMILES string of the molecule is CC(C)C[C@@H](NC(=O)[C@@H](CCC(N)=O)NC(=O)[C@H](N)[C@@H](C)O)C(=O)N[C@H](CCCCN)C(=O)N[C@H](C)C(=O)N[C@@H](C)C(N)=O. The molecule has 0 aromatic carbocycles. The zero-order valence-electron chi connectivity index (χ0n) is 26.2. The summed E-state index contributed by atoms with van der Waals surface area (Å²) in [6, 6.07) is -6.99. The number of primary amides is 2. The number of hydrogen-bond acceptors (Lipinski definition) is 10. The van der Waals surface area contributed by atoms with Crippen molar-refractivity contribution >= 4 is 41.4 Å². The standard InChI is InChI=1S/C27H51N9O8/c1-13(2)12-19(36-25(42)18(9-10-20(29)38)35-27(44)21(30)16(5)37)26(43)34-17(8-6-7-11-28)24(41)33-15(4)23(40)32-14(3)22(31)39/h13-19,21,37H,6-12,28,30H2,1-5H3,(H2,29,38)(H2,31,39)(H,32,40)(H,33,41)(H,34,43)(H,35,44)(H,36,42)/t14-,15+,16+,17+,18+,19+,21+/m0/s1. The van der Waals surface area contributed by atoms with Gasteiger partial charge in [-0.2, -0.15) is 0 Å². The Kier molecular flexibility index (Phi) is 18.4. The molecular weight excluding hydrogens is 578 g/mol. The number of unbranched alkanes of at least 4 members (excludes halogenated alkanes) is 1. The second kappa shape index (κ2) is 20.2. The Bertz CT molecular complexity index is 1010. The predicted octanol–water partition coefficient (Wildman–Crippen LogP) is -3.92. The van der Waals surface area contributed by atoms with Crippen molar-refractivity contribution in [2.24, 2.45) is 28.9 Å². The first-order chi connectivity index (χ1) is 20.4. The number of amides is 7. The lowest BCUT2D eigenvalue weighted by Gasteiger charge is -2.27. The van der Waals surface area contributed by atoms with Crippen LogP contribution in [0.5, 0.6) is 0 Å². The van der Waals surface area contributed by atoms with Gasteiger partial charge in [-0.05, 0) is 65.3 Å². The van der Waals surface area contributed by atoms with E-state index >= 15 is 0 Å².